The van der Waals surface area contributed by atoms with Crippen LogP contribution in [0.1, 0.15) is 25.7 Å². The summed E-state index contributed by atoms with van der Waals surface area (Å²) < 4.78 is 1.73. The van der Waals surface area contributed by atoms with Gasteiger partial charge in [-0.25, -0.2) is 4.98 Å². The molecule has 0 bridgehead atoms. The summed E-state index contributed by atoms with van der Waals surface area (Å²) in [5.41, 5.74) is 0.638. The van der Waals surface area contributed by atoms with Crippen LogP contribution in [0.15, 0.2) is 23.0 Å². The summed E-state index contributed by atoms with van der Waals surface area (Å²) in [6.45, 7) is 6.35. The SMILES string of the molecule is CCn1c([C@H](C)NCCN(C)C)nc2cc(Cl)ccc2c1=O. The molecule has 1 N–H and O–H groups in total. The van der Waals surface area contributed by atoms with Crippen molar-refractivity contribution in [3.63, 3.8) is 0 Å². The average Bonchev–Trinajstić information content (AvgIpc) is 2.46. The van der Waals surface area contributed by atoms with Crippen molar-refractivity contribution < 1.29 is 0 Å². The summed E-state index contributed by atoms with van der Waals surface area (Å²) >= 11 is 6.03. The molecule has 6 heteroatoms. The fraction of sp³-hybridized carbons (Fsp3) is 0.500. The van der Waals surface area contributed by atoms with Crippen LogP contribution >= 0.6 is 11.6 Å². The first-order chi connectivity index (χ1) is 10.4. The van der Waals surface area contributed by atoms with Crippen molar-refractivity contribution in [2.45, 2.75) is 26.4 Å². The Morgan fingerprint density at radius 2 is 2.14 bits per heavy atom. The van der Waals surface area contributed by atoms with Gasteiger partial charge < -0.3 is 10.2 Å². The van der Waals surface area contributed by atoms with Gasteiger partial charge in [-0.3, -0.25) is 9.36 Å². The molecule has 1 aromatic carbocycles. The molecule has 1 atom stereocenters. The molecule has 2 rings (SSSR count). The molecule has 0 aliphatic heterocycles. The molecule has 2 aromatic rings. The molecule has 0 amide bonds. The minimum atomic E-state index is -0.0135. The smallest absolute Gasteiger partial charge is 0.261 e. The van der Waals surface area contributed by atoms with Gasteiger partial charge in [0.05, 0.1) is 16.9 Å². The van der Waals surface area contributed by atoms with E-state index in [1.807, 2.05) is 27.9 Å². The normalized spacial score (nSPS) is 13.0. The van der Waals surface area contributed by atoms with Crippen LogP contribution < -0.4 is 10.9 Å². The van der Waals surface area contributed by atoms with E-state index in [-0.39, 0.29) is 11.6 Å². The maximum atomic E-state index is 12.6. The molecule has 0 saturated carbocycles. The molecule has 0 unspecified atom stereocenters. The molecule has 0 radical (unpaired) electrons. The molecule has 0 saturated heterocycles. The second-order valence-electron chi connectivity index (χ2n) is 5.66. The number of fused-ring (bicyclic) bond motifs is 1. The first-order valence-corrected chi connectivity index (χ1v) is 7.90. The number of halogens is 1. The lowest BCUT2D eigenvalue weighted by Gasteiger charge is -2.19. The van der Waals surface area contributed by atoms with Gasteiger partial charge in [-0.2, -0.15) is 0 Å². The van der Waals surface area contributed by atoms with Gasteiger partial charge in [0.1, 0.15) is 5.82 Å². The third-order valence-electron chi connectivity index (χ3n) is 3.66. The monoisotopic (exact) mass is 322 g/mol. The number of hydrogen-bond donors (Lipinski definition) is 1. The van der Waals surface area contributed by atoms with E-state index in [0.29, 0.717) is 22.5 Å². The summed E-state index contributed by atoms with van der Waals surface area (Å²) in [7, 11) is 4.06. The van der Waals surface area contributed by atoms with Gasteiger partial charge in [-0.15, -0.1) is 0 Å². The van der Waals surface area contributed by atoms with Crippen LogP contribution in [0.2, 0.25) is 5.02 Å². The second kappa shape index (κ2) is 7.22. The number of nitrogens with one attached hydrogen (secondary N) is 1. The van der Waals surface area contributed by atoms with E-state index in [9.17, 15) is 4.79 Å². The van der Waals surface area contributed by atoms with Gasteiger partial charge in [0.15, 0.2) is 0 Å². The van der Waals surface area contributed by atoms with Crippen molar-refractivity contribution in [1.29, 1.82) is 0 Å². The van der Waals surface area contributed by atoms with E-state index < -0.39 is 0 Å². The molecule has 0 aliphatic carbocycles. The van der Waals surface area contributed by atoms with Gasteiger partial charge in [-0.1, -0.05) is 11.6 Å². The van der Waals surface area contributed by atoms with Crippen LogP contribution in [0.25, 0.3) is 10.9 Å². The van der Waals surface area contributed by atoms with E-state index in [0.717, 1.165) is 18.9 Å². The molecule has 0 fully saturated rings. The van der Waals surface area contributed by atoms with Crippen molar-refractivity contribution in [3.05, 3.63) is 39.4 Å². The number of likely N-dealkylation sites (N-methyl/N-ethyl adjacent to an activating group) is 1. The quantitative estimate of drug-likeness (QED) is 0.886. The Kier molecular flexibility index (Phi) is 5.56. The Balaban J connectivity index is 2.41. The van der Waals surface area contributed by atoms with Crippen LogP contribution in [0, 0.1) is 0 Å². The van der Waals surface area contributed by atoms with Crippen LogP contribution in [0.4, 0.5) is 0 Å². The van der Waals surface area contributed by atoms with Gasteiger partial charge in [0.2, 0.25) is 0 Å². The van der Waals surface area contributed by atoms with Crippen LogP contribution in [-0.4, -0.2) is 41.6 Å². The number of nitrogens with zero attached hydrogens (tertiary/aromatic N) is 3. The predicted octanol–water partition coefficient (Wildman–Crippen LogP) is 2.28. The topological polar surface area (TPSA) is 50.2 Å². The highest BCUT2D eigenvalue weighted by Gasteiger charge is 2.15. The van der Waals surface area contributed by atoms with E-state index >= 15 is 0 Å². The average molecular weight is 323 g/mol. The van der Waals surface area contributed by atoms with Crippen molar-refractivity contribution >= 4 is 22.5 Å². The largest absolute Gasteiger partial charge is 0.308 e. The summed E-state index contributed by atoms with van der Waals surface area (Å²) in [6.07, 6.45) is 0. The Labute approximate surface area is 135 Å². The van der Waals surface area contributed by atoms with Crippen molar-refractivity contribution in [2.24, 2.45) is 0 Å². The zero-order valence-corrected chi connectivity index (χ0v) is 14.3. The Hall–Kier alpha value is -1.43. The Bertz CT molecular complexity index is 711. The lowest BCUT2D eigenvalue weighted by Crippen LogP contribution is -2.33. The maximum absolute atomic E-state index is 12.6. The molecule has 1 aromatic heterocycles. The summed E-state index contributed by atoms with van der Waals surface area (Å²) in [5, 5.41) is 4.61. The maximum Gasteiger partial charge on any atom is 0.261 e. The fourth-order valence-corrected chi connectivity index (χ4v) is 2.61. The van der Waals surface area contributed by atoms with Gasteiger partial charge >= 0.3 is 0 Å². The molecule has 22 heavy (non-hydrogen) atoms. The van der Waals surface area contributed by atoms with E-state index in [1.54, 1.807) is 22.8 Å². The molecular formula is C16H23ClN4O. The summed E-state index contributed by atoms with van der Waals surface area (Å²) in [5.74, 6) is 0.751. The van der Waals surface area contributed by atoms with Crippen molar-refractivity contribution in [3.8, 4) is 0 Å². The minimum Gasteiger partial charge on any atom is -0.308 e. The highest BCUT2D eigenvalue weighted by Crippen LogP contribution is 2.17. The fourth-order valence-electron chi connectivity index (χ4n) is 2.44. The number of hydrogen-bond acceptors (Lipinski definition) is 4. The minimum absolute atomic E-state index is 0.00372. The number of rotatable bonds is 6. The Morgan fingerprint density at radius 1 is 1.41 bits per heavy atom. The zero-order valence-electron chi connectivity index (χ0n) is 13.6. The molecular weight excluding hydrogens is 300 g/mol. The van der Waals surface area contributed by atoms with Crippen molar-refractivity contribution in [1.82, 2.24) is 19.8 Å². The van der Waals surface area contributed by atoms with Crippen LogP contribution in [-0.2, 0) is 6.54 Å². The van der Waals surface area contributed by atoms with Crippen LogP contribution in [0.3, 0.4) is 0 Å². The van der Waals surface area contributed by atoms with E-state index in [4.69, 9.17) is 11.6 Å². The summed E-state index contributed by atoms with van der Waals surface area (Å²) in [6, 6.07) is 5.21. The van der Waals surface area contributed by atoms with Crippen molar-refractivity contribution in [2.75, 3.05) is 27.2 Å². The Morgan fingerprint density at radius 3 is 2.77 bits per heavy atom. The lowest BCUT2D eigenvalue weighted by atomic mass is 10.2. The van der Waals surface area contributed by atoms with Gasteiger partial charge in [0.25, 0.3) is 5.56 Å². The molecule has 0 aliphatic rings. The molecule has 5 nitrogen and oxygen atoms in total. The zero-order chi connectivity index (χ0) is 16.3. The number of aromatic nitrogens is 2. The third-order valence-corrected chi connectivity index (χ3v) is 3.90. The third kappa shape index (κ3) is 3.66. The first kappa shape index (κ1) is 16.9. The second-order valence-corrected chi connectivity index (χ2v) is 6.10. The standard InChI is InChI=1S/C16H23ClN4O/c1-5-21-15(11(2)18-8-9-20(3)4)19-14-10-12(17)6-7-13(14)16(21)22/h6-7,10-11,18H,5,8-9H2,1-4H3/t11-/m0/s1. The van der Waals surface area contributed by atoms with Gasteiger partial charge in [0, 0.05) is 24.7 Å². The molecule has 0 spiro atoms. The molecule has 1 heterocycles. The van der Waals surface area contributed by atoms with Gasteiger partial charge in [-0.05, 0) is 46.1 Å². The highest BCUT2D eigenvalue weighted by atomic mass is 35.5. The number of benzene rings is 1. The van der Waals surface area contributed by atoms with Crippen LogP contribution in [0.5, 0.6) is 0 Å². The highest BCUT2D eigenvalue weighted by molar-refractivity contribution is 6.31. The predicted molar refractivity (Wildman–Crippen MR) is 91.7 cm³/mol. The first-order valence-electron chi connectivity index (χ1n) is 7.52. The molecule has 120 valence electrons. The lowest BCUT2D eigenvalue weighted by molar-refractivity contribution is 0.383. The van der Waals surface area contributed by atoms with E-state index in [1.165, 1.54) is 0 Å². The van der Waals surface area contributed by atoms with E-state index in [2.05, 4.69) is 15.2 Å². The summed E-state index contributed by atoms with van der Waals surface area (Å²) in [4.78, 5) is 19.4.